The van der Waals surface area contributed by atoms with Crippen LogP contribution in [0.15, 0.2) is 0 Å². The van der Waals surface area contributed by atoms with Crippen molar-refractivity contribution in [3.63, 3.8) is 0 Å². The normalized spacial score (nSPS) is 12.9. The molecule has 0 bridgehead atoms. The van der Waals surface area contributed by atoms with E-state index in [0.29, 0.717) is 0 Å². The van der Waals surface area contributed by atoms with Gasteiger partial charge in [0.05, 0.1) is 15.5 Å². The second-order valence-electron chi connectivity index (χ2n) is 7.80. The van der Waals surface area contributed by atoms with Gasteiger partial charge >= 0.3 is 59.1 Å². The average molecular weight is 395 g/mol. The van der Waals surface area contributed by atoms with Crippen LogP contribution in [0.3, 0.4) is 0 Å². The summed E-state index contributed by atoms with van der Waals surface area (Å²) in [5, 5.41) is 0. The Morgan fingerprint density at radius 1 is 0.750 bits per heavy atom. The molecule has 16 heavy (non-hydrogen) atoms. The van der Waals surface area contributed by atoms with Gasteiger partial charge in [-0.3, -0.25) is 0 Å². The van der Waals surface area contributed by atoms with Gasteiger partial charge in [-0.25, -0.2) is 0 Å². The van der Waals surface area contributed by atoms with Crippen LogP contribution in [0, 0.1) is 0 Å². The van der Waals surface area contributed by atoms with Gasteiger partial charge in [0.2, 0.25) is 0 Å². The first-order valence-corrected chi connectivity index (χ1v) is 25.7. The molecule has 0 unspecified atom stereocenters. The van der Waals surface area contributed by atoms with Gasteiger partial charge in [-0.15, -0.1) is 7.68 Å². The standard InChI is InChI=1S/C6H19PSi2.C4H11Si.CH3.In/c1-8(2,3)7-9(4,5)6;1-5(2,3)4;;/h7H,1-6H3;1H2,2-4H3;1H3;. The van der Waals surface area contributed by atoms with Crippen molar-refractivity contribution < 1.29 is 0 Å². The molecule has 0 heterocycles. The van der Waals surface area contributed by atoms with Gasteiger partial charge in [-0.05, 0) is 0 Å². The zero-order valence-electron chi connectivity index (χ0n) is 13.3. The molecule has 0 saturated carbocycles. The molecule has 0 nitrogen and oxygen atoms in total. The summed E-state index contributed by atoms with van der Waals surface area (Å²) in [6.45, 7) is 22.2. The Morgan fingerprint density at radius 2 is 1.06 bits per heavy atom. The Bertz CT molecular complexity index is 165. The van der Waals surface area contributed by atoms with Crippen molar-refractivity contribution in [2.45, 2.75) is 67.4 Å². The summed E-state index contributed by atoms with van der Waals surface area (Å²) in [7, 11) is -0.650. The van der Waals surface area contributed by atoms with E-state index in [1.165, 1.54) is 7.68 Å². The second-order valence-corrected chi connectivity index (χ2v) is 40.4. The van der Waals surface area contributed by atoms with Gasteiger partial charge in [0.1, 0.15) is 0 Å². The zero-order valence-corrected chi connectivity index (χ0v) is 20.6. The summed E-state index contributed by atoms with van der Waals surface area (Å²) in [6.07, 6.45) is 0. The van der Waals surface area contributed by atoms with Crippen LogP contribution in [0.4, 0.5) is 0 Å². The molecule has 0 amide bonds. The fourth-order valence-electron chi connectivity index (χ4n) is 1.74. The molecule has 0 N–H and O–H groups in total. The molecule has 0 aliphatic heterocycles. The minimum atomic E-state index is -0.703. The van der Waals surface area contributed by atoms with E-state index in [0.717, 1.165) is 0 Å². The molecule has 0 spiro atoms. The van der Waals surface area contributed by atoms with Crippen LogP contribution in [0.1, 0.15) is 0 Å². The molecular formula is C11H33InPSi3. The van der Waals surface area contributed by atoms with Gasteiger partial charge < -0.3 is 0 Å². The molecule has 0 saturated heterocycles. The zero-order chi connectivity index (χ0) is 13.6. The predicted molar refractivity (Wildman–Crippen MR) is 94.8 cm³/mol. The molecular weight excluding hydrogens is 362 g/mol. The molecule has 0 aliphatic carbocycles. The second kappa shape index (κ2) is 8.19. The van der Waals surface area contributed by atoms with Crippen molar-refractivity contribution in [2.75, 3.05) is 0 Å². The third-order valence-electron chi connectivity index (χ3n) is 1.57. The molecule has 1 radical (unpaired) electrons. The third kappa shape index (κ3) is 25.0. The quantitative estimate of drug-likeness (QED) is 0.444. The first kappa shape index (κ1) is 20.3. The summed E-state index contributed by atoms with van der Waals surface area (Å²) >= 11 is 0.00381. The van der Waals surface area contributed by atoms with Crippen LogP contribution in [0.5, 0.6) is 0 Å². The van der Waals surface area contributed by atoms with Gasteiger partial charge in [-0.1, -0.05) is 39.3 Å². The van der Waals surface area contributed by atoms with Crippen molar-refractivity contribution in [3.05, 3.63) is 0 Å². The third-order valence-corrected chi connectivity index (χ3v) is 36.7. The van der Waals surface area contributed by atoms with Crippen LogP contribution in [0.2, 0.25) is 67.4 Å². The van der Waals surface area contributed by atoms with Crippen LogP contribution >= 0.6 is 7.68 Å². The van der Waals surface area contributed by atoms with E-state index in [1.54, 1.807) is 3.80 Å². The predicted octanol–water partition coefficient (Wildman–Crippen LogP) is 5.37. The van der Waals surface area contributed by atoms with E-state index in [4.69, 9.17) is 0 Å². The summed E-state index contributed by atoms with van der Waals surface area (Å²) in [5.41, 5.74) is 0. The van der Waals surface area contributed by atoms with Crippen molar-refractivity contribution in [2.24, 2.45) is 0 Å². The number of hydrogen-bond acceptors (Lipinski definition) is 0. The molecule has 0 aliphatic rings. The van der Waals surface area contributed by atoms with E-state index < -0.39 is 23.6 Å². The summed E-state index contributed by atoms with van der Waals surface area (Å²) in [5.74, 6) is 0. The molecule has 0 aromatic heterocycles. The maximum absolute atomic E-state index is 2.48. The Morgan fingerprint density at radius 3 is 1.06 bits per heavy atom. The van der Waals surface area contributed by atoms with Gasteiger partial charge in [0, 0.05) is 0 Å². The minimum absolute atomic E-state index is 0.00381. The van der Waals surface area contributed by atoms with E-state index in [1.807, 2.05) is 0 Å². The Labute approximate surface area is 121 Å². The summed E-state index contributed by atoms with van der Waals surface area (Å²) in [4.78, 5) is 0. The average Bonchev–Trinajstić information content (AvgIpc) is 1.73. The molecule has 0 fully saturated rings. The maximum atomic E-state index is 2.48. The Hall–Kier alpha value is 1.95. The van der Waals surface area contributed by atoms with E-state index in [2.05, 4.69) is 63.6 Å². The van der Waals surface area contributed by atoms with Crippen LogP contribution in [-0.2, 0) is 0 Å². The van der Waals surface area contributed by atoms with Crippen molar-refractivity contribution in [1.29, 1.82) is 0 Å². The van der Waals surface area contributed by atoms with Gasteiger partial charge in [0.15, 0.2) is 0 Å². The first-order chi connectivity index (χ1) is 6.77. The van der Waals surface area contributed by atoms with E-state index in [9.17, 15) is 0 Å². The molecule has 5 heteroatoms. The van der Waals surface area contributed by atoms with Crippen LogP contribution in [-0.4, -0.2) is 46.5 Å². The topological polar surface area (TPSA) is 0 Å². The Kier molecular flexibility index (Phi) is 10.4. The van der Waals surface area contributed by atoms with E-state index >= 15 is 0 Å². The Balaban J connectivity index is 0. The number of rotatable bonds is 4. The molecule has 0 atom stereocenters. The summed E-state index contributed by atoms with van der Waals surface area (Å²) < 4.78 is 4.12. The van der Waals surface area contributed by atoms with Gasteiger partial charge in [0.25, 0.3) is 0 Å². The fraction of sp³-hybridized carbons (Fsp3) is 1.00. The fourth-order valence-corrected chi connectivity index (χ4v) is 42.7. The molecule has 97 valence electrons. The SMILES string of the molecule is C[Si](C)(C)P[Si](C)(C)C.[CH3][In][CH2][Si](C)(C)C. The van der Waals surface area contributed by atoms with E-state index in [-0.39, 0.29) is 22.9 Å². The van der Waals surface area contributed by atoms with Crippen molar-refractivity contribution in [3.8, 4) is 0 Å². The summed E-state index contributed by atoms with van der Waals surface area (Å²) in [6, 6.07) is 0. The first-order valence-electron chi connectivity index (χ1n) is 6.34. The monoisotopic (exact) mass is 395 g/mol. The molecule has 0 aromatic rings. The van der Waals surface area contributed by atoms with Crippen molar-refractivity contribution >= 4 is 54.1 Å². The number of hydrogen-bond donors (Lipinski definition) is 0. The van der Waals surface area contributed by atoms with Gasteiger partial charge in [-0.2, -0.15) is 0 Å². The molecule has 0 rings (SSSR count). The van der Waals surface area contributed by atoms with Crippen LogP contribution in [0.25, 0.3) is 0 Å². The van der Waals surface area contributed by atoms with Crippen LogP contribution < -0.4 is 0 Å². The molecule has 0 aromatic carbocycles. The van der Waals surface area contributed by atoms with Crippen molar-refractivity contribution in [1.82, 2.24) is 0 Å².